The second kappa shape index (κ2) is 8.27. The molecule has 1 aromatic rings. The molecule has 0 radical (unpaired) electrons. The van der Waals surface area contributed by atoms with Crippen molar-refractivity contribution in [3.63, 3.8) is 0 Å². The zero-order valence-electron chi connectivity index (χ0n) is 13.6. The van der Waals surface area contributed by atoms with Crippen LogP contribution in [0.4, 0.5) is 0 Å². The minimum Gasteiger partial charge on any atom is -0.490 e. The fraction of sp³-hybridized carbons (Fsp3) is 0.294. The van der Waals surface area contributed by atoms with Gasteiger partial charge in [0.15, 0.2) is 16.7 Å². The molecule has 5 nitrogen and oxygen atoms in total. The number of aliphatic imine (C=N–C) groups is 1. The largest absolute Gasteiger partial charge is 0.490 e. The van der Waals surface area contributed by atoms with Gasteiger partial charge in [-0.15, -0.1) is 6.42 Å². The van der Waals surface area contributed by atoms with Gasteiger partial charge in [-0.25, -0.2) is 0 Å². The summed E-state index contributed by atoms with van der Waals surface area (Å²) in [5.74, 6) is 3.48. The third kappa shape index (κ3) is 3.94. The fourth-order valence-electron chi connectivity index (χ4n) is 2.05. The van der Waals surface area contributed by atoms with Crippen LogP contribution in [0, 0.1) is 12.3 Å². The van der Waals surface area contributed by atoms with Crippen molar-refractivity contribution in [2.24, 2.45) is 4.99 Å². The molecule has 1 aliphatic heterocycles. The van der Waals surface area contributed by atoms with Crippen LogP contribution in [0.3, 0.4) is 0 Å². The van der Waals surface area contributed by atoms with Gasteiger partial charge in [-0.3, -0.25) is 14.7 Å². The van der Waals surface area contributed by atoms with E-state index in [0.717, 1.165) is 10.0 Å². The van der Waals surface area contributed by atoms with Gasteiger partial charge in [0.2, 0.25) is 0 Å². The minimum atomic E-state index is -0.0851. The highest BCUT2D eigenvalue weighted by molar-refractivity contribution is 9.10. The Labute approximate surface area is 154 Å². The van der Waals surface area contributed by atoms with Crippen molar-refractivity contribution in [1.82, 2.24) is 4.90 Å². The quantitative estimate of drug-likeness (QED) is 0.553. The number of benzene rings is 1. The maximum absolute atomic E-state index is 12.3. The number of nitrogens with zero attached hydrogens (tertiary/aromatic N) is 2. The number of hydrogen-bond donors (Lipinski definition) is 0. The molecule has 7 heteroatoms. The fourth-order valence-corrected chi connectivity index (χ4v) is 3.41. The summed E-state index contributed by atoms with van der Waals surface area (Å²) in [6.07, 6.45) is 7.04. The van der Waals surface area contributed by atoms with Gasteiger partial charge in [0.05, 0.1) is 11.5 Å². The average molecular weight is 409 g/mol. The molecule has 1 aliphatic rings. The van der Waals surface area contributed by atoms with E-state index in [9.17, 15) is 4.79 Å². The first kappa shape index (κ1) is 18.4. The average Bonchev–Trinajstić information content (AvgIpc) is 2.84. The Morgan fingerprint density at radius 3 is 2.71 bits per heavy atom. The van der Waals surface area contributed by atoms with Crippen molar-refractivity contribution in [3.8, 4) is 23.8 Å². The molecule has 0 unspecified atom stereocenters. The first-order valence-corrected chi connectivity index (χ1v) is 8.79. The third-order valence-electron chi connectivity index (χ3n) is 3.16. The van der Waals surface area contributed by atoms with Gasteiger partial charge in [-0.1, -0.05) is 21.9 Å². The lowest BCUT2D eigenvalue weighted by molar-refractivity contribution is -0.121. The van der Waals surface area contributed by atoms with Crippen molar-refractivity contribution >= 4 is 44.8 Å². The number of halogens is 1. The zero-order chi connectivity index (χ0) is 17.7. The van der Waals surface area contributed by atoms with E-state index in [1.54, 1.807) is 26.2 Å². The first-order chi connectivity index (χ1) is 11.5. The number of thioether (sulfide) groups is 1. The topological polar surface area (TPSA) is 51.1 Å². The highest BCUT2D eigenvalue weighted by atomic mass is 79.9. The number of ether oxygens (including phenoxy) is 2. The number of hydrogen-bond acceptors (Lipinski definition) is 5. The number of amidine groups is 1. The third-order valence-corrected chi connectivity index (χ3v) is 4.99. The highest BCUT2D eigenvalue weighted by Crippen LogP contribution is 2.37. The smallest absolute Gasteiger partial charge is 0.266 e. The van der Waals surface area contributed by atoms with Crippen LogP contribution >= 0.6 is 27.7 Å². The van der Waals surface area contributed by atoms with Gasteiger partial charge >= 0.3 is 0 Å². The van der Waals surface area contributed by atoms with E-state index in [2.05, 4.69) is 26.8 Å². The molecule has 0 aliphatic carbocycles. The van der Waals surface area contributed by atoms with Crippen molar-refractivity contribution in [1.29, 1.82) is 0 Å². The van der Waals surface area contributed by atoms with E-state index in [-0.39, 0.29) is 12.5 Å². The second-order valence-corrected chi connectivity index (χ2v) is 6.59. The van der Waals surface area contributed by atoms with Gasteiger partial charge in [0.1, 0.15) is 6.61 Å². The maximum atomic E-state index is 12.3. The van der Waals surface area contributed by atoms with Crippen LogP contribution in [0.2, 0.25) is 0 Å². The molecule has 1 aromatic carbocycles. The standard InChI is InChI=1S/C17H17BrN2O3S/c1-5-7-23-14-10-12(18)11(8-13(14)22-6-2)9-15-16(21)20(4)17(19-3)24-15/h1,8-10H,6-7H2,2-4H3/b15-9+,19-17?. The summed E-state index contributed by atoms with van der Waals surface area (Å²) in [5.41, 5.74) is 0.813. The Morgan fingerprint density at radius 1 is 1.42 bits per heavy atom. The van der Waals surface area contributed by atoms with Crippen LogP contribution < -0.4 is 9.47 Å². The van der Waals surface area contributed by atoms with Crippen LogP contribution in [0.1, 0.15) is 12.5 Å². The molecular formula is C17H17BrN2O3S. The Morgan fingerprint density at radius 2 is 2.12 bits per heavy atom. The molecular weight excluding hydrogens is 392 g/mol. The van der Waals surface area contributed by atoms with Gasteiger partial charge in [-0.05, 0) is 42.5 Å². The molecule has 0 N–H and O–H groups in total. The van der Waals surface area contributed by atoms with E-state index in [1.807, 2.05) is 13.0 Å². The van der Waals surface area contributed by atoms with Crippen molar-refractivity contribution in [2.75, 3.05) is 27.3 Å². The predicted molar refractivity (Wildman–Crippen MR) is 101 cm³/mol. The number of terminal acetylenes is 1. The SMILES string of the molecule is C#CCOc1cc(Br)c(/C=C2/SC(=NC)N(C)C2=O)cc1OCC. The van der Waals surface area contributed by atoms with Gasteiger partial charge in [0.25, 0.3) is 5.91 Å². The van der Waals surface area contributed by atoms with Gasteiger partial charge in [0, 0.05) is 18.6 Å². The van der Waals surface area contributed by atoms with Crippen LogP contribution in [-0.2, 0) is 4.79 Å². The Kier molecular flexibility index (Phi) is 6.35. The number of amides is 1. The second-order valence-electron chi connectivity index (χ2n) is 4.73. The molecule has 1 heterocycles. The van der Waals surface area contributed by atoms with Crippen molar-refractivity contribution < 1.29 is 14.3 Å². The summed E-state index contributed by atoms with van der Waals surface area (Å²) in [6.45, 7) is 2.54. The summed E-state index contributed by atoms with van der Waals surface area (Å²) in [4.78, 5) is 18.5. The van der Waals surface area contributed by atoms with Crippen molar-refractivity contribution in [3.05, 3.63) is 27.1 Å². The van der Waals surface area contributed by atoms with Crippen LogP contribution in [0.5, 0.6) is 11.5 Å². The number of carbonyl (C=O) groups is 1. The van der Waals surface area contributed by atoms with Gasteiger partial charge < -0.3 is 9.47 Å². The van der Waals surface area contributed by atoms with E-state index in [4.69, 9.17) is 15.9 Å². The summed E-state index contributed by atoms with van der Waals surface area (Å²) >= 11 is 4.84. The van der Waals surface area contributed by atoms with E-state index in [0.29, 0.717) is 28.2 Å². The molecule has 0 saturated carbocycles. The number of rotatable bonds is 5. The number of carbonyl (C=O) groups excluding carboxylic acids is 1. The lowest BCUT2D eigenvalue weighted by atomic mass is 10.2. The van der Waals surface area contributed by atoms with E-state index >= 15 is 0 Å². The monoisotopic (exact) mass is 408 g/mol. The first-order valence-electron chi connectivity index (χ1n) is 7.18. The lowest BCUT2D eigenvalue weighted by Crippen LogP contribution is -2.23. The number of likely N-dealkylation sites (N-methyl/N-ethyl adjacent to an activating group) is 1. The van der Waals surface area contributed by atoms with E-state index in [1.165, 1.54) is 16.7 Å². The molecule has 0 spiro atoms. The Bertz CT molecular complexity index is 753. The van der Waals surface area contributed by atoms with Crippen LogP contribution in [0.15, 0.2) is 26.5 Å². The highest BCUT2D eigenvalue weighted by Gasteiger charge is 2.30. The van der Waals surface area contributed by atoms with Crippen LogP contribution in [-0.4, -0.2) is 43.3 Å². The summed E-state index contributed by atoms with van der Waals surface area (Å²) in [5, 5.41) is 0.668. The lowest BCUT2D eigenvalue weighted by Gasteiger charge is -2.12. The minimum absolute atomic E-state index is 0.0851. The molecule has 2 rings (SSSR count). The summed E-state index contributed by atoms with van der Waals surface area (Å²) in [6, 6.07) is 3.61. The normalized spacial score (nSPS) is 17.5. The molecule has 1 saturated heterocycles. The zero-order valence-corrected chi connectivity index (χ0v) is 16.0. The molecule has 0 bridgehead atoms. The molecule has 0 aromatic heterocycles. The molecule has 24 heavy (non-hydrogen) atoms. The molecule has 0 atom stereocenters. The maximum Gasteiger partial charge on any atom is 0.266 e. The van der Waals surface area contributed by atoms with Crippen molar-refractivity contribution in [2.45, 2.75) is 6.92 Å². The molecule has 1 amide bonds. The predicted octanol–water partition coefficient (Wildman–Crippen LogP) is 3.39. The Hall–Kier alpha value is -1.91. The summed E-state index contributed by atoms with van der Waals surface area (Å²) < 4.78 is 11.9. The van der Waals surface area contributed by atoms with Gasteiger partial charge in [-0.2, -0.15) is 0 Å². The van der Waals surface area contributed by atoms with Crippen LogP contribution in [0.25, 0.3) is 6.08 Å². The molecule has 126 valence electrons. The Balaban J connectivity index is 2.41. The van der Waals surface area contributed by atoms with E-state index < -0.39 is 0 Å². The molecule has 1 fully saturated rings. The summed E-state index contributed by atoms with van der Waals surface area (Å²) in [7, 11) is 3.37.